The summed E-state index contributed by atoms with van der Waals surface area (Å²) in [6.45, 7) is 4.20. The zero-order chi connectivity index (χ0) is 27.4. The van der Waals surface area contributed by atoms with Gasteiger partial charge >= 0.3 is 5.97 Å². The number of fused-ring (bicyclic) bond motifs is 2. The van der Waals surface area contributed by atoms with Gasteiger partial charge in [-0.15, -0.1) is 0 Å². The Morgan fingerprint density at radius 3 is 2.54 bits per heavy atom. The maximum atomic E-state index is 12.8. The van der Waals surface area contributed by atoms with Gasteiger partial charge < -0.3 is 19.6 Å². The van der Waals surface area contributed by atoms with Crippen molar-refractivity contribution < 1.29 is 23.8 Å². The highest BCUT2D eigenvalue weighted by Crippen LogP contribution is 2.50. The van der Waals surface area contributed by atoms with Crippen LogP contribution in [-0.4, -0.2) is 40.7 Å². The van der Waals surface area contributed by atoms with Crippen LogP contribution in [0, 0.1) is 17.3 Å². The fourth-order valence-electron chi connectivity index (χ4n) is 6.98. The first kappa shape index (κ1) is 27.9. The van der Waals surface area contributed by atoms with E-state index in [0.717, 1.165) is 49.1 Å². The third kappa shape index (κ3) is 6.56. The van der Waals surface area contributed by atoms with Gasteiger partial charge in [0, 0.05) is 12.5 Å². The van der Waals surface area contributed by atoms with Crippen molar-refractivity contribution in [2.24, 2.45) is 17.3 Å². The summed E-state index contributed by atoms with van der Waals surface area (Å²) in [6.07, 6.45) is 15.1. The van der Waals surface area contributed by atoms with Crippen molar-refractivity contribution in [1.29, 1.82) is 0 Å². The monoisotopic (exact) mass is 536 g/mol. The number of carbonyl (C=O) groups excluding carboxylic acids is 1. The molecular formula is C32H44N2O5. The molecule has 2 aromatic rings. The number of hydrogen-bond donors (Lipinski definition) is 2. The SMILES string of the molecule is CC(C)(Cc1ccccc1C[C@H]1[C@H](c2nc(C(=O)NCCCCC3CCCCC3)co2)[C@H]2CC[C@@H]1O2)C(=O)O. The Labute approximate surface area is 232 Å². The van der Waals surface area contributed by atoms with Crippen LogP contribution in [-0.2, 0) is 22.4 Å². The minimum atomic E-state index is -0.846. The molecule has 3 aliphatic rings. The van der Waals surface area contributed by atoms with E-state index in [1.807, 2.05) is 18.2 Å². The normalized spacial score (nSPS) is 25.2. The topological polar surface area (TPSA) is 102 Å². The number of rotatable bonds is 12. The number of ether oxygens (including phenoxy) is 1. The van der Waals surface area contributed by atoms with Gasteiger partial charge in [-0.25, -0.2) is 4.98 Å². The Bertz CT molecular complexity index is 1140. The van der Waals surface area contributed by atoms with Crippen LogP contribution in [0.3, 0.4) is 0 Å². The number of aromatic nitrogens is 1. The molecule has 2 aliphatic heterocycles. The summed E-state index contributed by atoms with van der Waals surface area (Å²) in [7, 11) is 0. The van der Waals surface area contributed by atoms with Crippen molar-refractivity contribution in [3.05, 3.63) is 53.2 Å². The number of carboxylic acids is 1. The zero-order valence-electron chi connectivity index (χ0n) is 23.5. The average molecular weight is 537 g/mol. The molecule has 7 heteroatoms. The Hall–Kier alpha value is -2.67. The predicted octanol–water partition coefficient (Wildman–Crippen LogP) is 6.31. The van der Waals surface area contributed by atoms with E-state index in [1.165, 1.54) is 44.8 Å². The van der Waals surface area contributed by atoms with E-state index in [0.29, 0.717) is 24.6 Å². The third-order valence-corrected chi connectivity index (χ3v) is 9.30. The molecule has 7 nitrogen and oxygen atoms in total. The number of aliphatic carboxylic acids is 1. The lowest BCUT2D eigenvalue weighted by molar-refractivity contribution is -0.146. The molecule has 1 saturated carbocycles. The molecule has 0 spiro atoms. The summed E-state index contributed by atoms with van der Waals surface area (Å²) in [5.41, 5.74) is 1.70. The Kier molecular flexibility index (Phi) is 8.75. The standard InChI is InChI=1S/C32H44N2O5/c1-32(2,31(36)37)19-23-14-7-6-13-22(23)18-24-26-15-16-27(39-26)28(24)30-34-25(20-38-30)29(35)33-17-9-8-12-21-10-4-3-5-11-21/h6-7,13-14,20-21,24,26-28H,3-5,8-12,15-19H2,1-2H3,(H,33,35)(H,36,37)/t24-,26+,27-,28+/m1/s1. The Balaban J connectivity index is 1.20. The van der Waals surface area contributed by atoms with Crippen LogP contribution >= 0.6 is 0 Å². The number of amides is 1. The van der Waals surface area contributed by atoms with Crippen molar-refractivity contribution in [1.82, 2.24) is 10.3 Å². The highest BCUT2D eigenvalue weighted by molar-refractivity contribution is 5.91. The van der Waals surface area contributed by atoms with Gasteiger partial charge in [-0.1, -0.05) is 69.2 Å². The van der Waals surface area contributed by atoms with E-state index in [-0.39, 0.29) is 30.0 Å². The van der Waals surface area contributed by atoms with Gasteiger partial charge in [0.25, 0.3) is 5.91 Å². The van der Waals surface area contributed by atoms with Gasteiger partial charge in [0.2, 0.25) is 5.89 Å². The molecule has 0 radical (unpaired) electrons. The summed E-state index contributed by atoms with van der Waals surface area (Å²) >= 11 is 0. The van der Waals surface area contributed by atoms with Crippen LogP contribution in [0.4, 0.5) is 0 Å². The molecule has 1 amide bonds. The summed E-state index contributed by atoms with van der Waals surface area (Å²) in [4.78, 5) is 29.2. The first-order valence-electron chi connectivity index (χ1n) is 15.0. The van der Waals surface area contributed by atoms with E-state index >= 15 is 0 Å². The van der Waals surface area contributed by atoms with E-state index < -0.39 is 11.4 Å². The molecule has 1 aromatic carbocycles. The van der Waals surface area contributed by atoms with E-state index in [2.05, 4.69) is 16.4 Å². The van der Waals surface area contributed by atoms with Crippen LogP contribution in [0.15, 0.2) is 34.9 Å². The molecule has 212 valence electrons. The van der Waals surface area contributed by atoms with Gasteiger partial charge in [0.05, 0.1) is 23.5 Å². The first-order valence-corrected chi connectivity index (χ1v) is 15.0. The number of carboxylic acid groups (broad SMARTS) is 1. The molecule has 5 rings (SSSR count). The maximum Gasteiger partial charge on any atom is 0.309 e. The van der Waals surface area contributed by atoms with Gasteiger partial charge in [-0.3, -0.25) is 9.59 Å². The summed E-state index contributed by atoms with van der Waals surface area (Å²) in [6, 6.07) is 8.11. The second kappa shape index (κ2) is 12.2. The van der Waals surface area contributed by atoms with Gasteiger partial charge in [0.15, 0.2) is 5.69 Å². The number of oxazole rings is 1. The van der Waals surface area contributed by atoms with Crippen LogP contribution in [0.5, 0.6) is 0 Å². The van der Waals surface area contributed by atoms with E-state index in [9.17, 15) is 14.7 Å². The quantitative estimate of drug-likeness (QED) is 0.308. The second-order valence-electron chi connectivity index (χ2n) is 12.6. The molecule has 4 atom stereocenters. The second-order valence-corrected chi connectivity index (χ2v) is 12.6. The van der Waals surface area contributed by atoms with Crippen LogP contribution in [0.2, 0.25) is 0 Å². The number of unbranched alkanes of at least 4 members (excludes halogenated alkanes) is 1. The molecule has 1 aliphatic carbocycles. The molecule has 2 saturated heterocycles. The van der Waals surface area contributed by atoms with Crippen molar-refractivity contribution in [2.75, 3.05) is 6.54 Å². The van der Waals surface area contributed by atoms with Crippen LogP contribution < -0.4 is 5.32 Å². The van der Waals surface area contributed by atoms with E-state index in [1.54, 1.807) is 13.8 Å². The molecule has 2 N–H and O–H groups in total. The van der Waals surface area contributed by atoms with Crippen molar-refractivity contribution >= 4 is 11.9 Å². The highest BCUT2D eigenvalue weighted by Gasteiger charge is 2.51. The van der Waals surface area contributed by atoms with E-state index in [4.69, 9.17) is 9.15 Å². The lowest BCUT2D eigenvalue weighted by Gasteiger charge is -2.27. The third-order valence-electron chi connectivity index (χ3n) is 9.30. The number of carbonyl (C=O) groups is 2. The van der Waals surface area contributed by atoms with Gasteiger partial charge in [-0.2, -0.15) is 0 Å². The fraction of sp³-hybridized carbons (Fsp3) is 0.656. The van der Waals surface area contributed by atoms with Crippen LogP contribution in [0.25, 0.3) is 0 Å². The minimum absolute atomic E-state index is 0.0127. The predicted molar refractivity (Wildman–Crippen MR) is 149 cm³/mol. The fourth-order valence-corrected chi connectivity index (χ4v) is 6.98. The van der Waals surface area contributed by atoms with Crippen molar-refractivity contribution in [3.63, 3.8) is 0 Å². The maximum absolute atomic E-state index is 12.8. The minimum Gasteiger partial charge on any atom is -0.481 e. The highest BCUT2D eigenvalue weighted by atomic mass is 16.5. The molecule has 39 heavy (non-hydrogen) atoms. The lowest BCUT2D eigenvalue weighted by atomic mass is 9.74. The molecule has 2 bridgehead atoms. The van der Waals surface area contributed by atoms with Crippen LogP contribution in [0.1, 0.15) is 111 Å². The molecule has 0 unspecified atom stereocenters. The molecule has 3 heterocycles. The average Bonchev–Trinajstić information content (AvgIpc) is 3.67. The number of nitrogens with zero attached hydrogens (tertiary/aromatic N) is 1. The molecule has 1 aromatic heterocycles. The number of nitrogens with one attached hydrogen (secondary N) is 1. The van der Waals surface area contributed by atoms with Crippen molar-refractivity contribution in [2.45, 2.75) is 109 Å². The Morgan fingerprint density at radius 2 is 1.77 bits per heavy atom. The smallest absolute Gasteiger partial charge is 0.309 e. The Morgan fingerprint density at radius 1 is 1.03 bits per heavy atom. The lowest BCUT2D eigenvalue weighted by Crippen LogP contribution is -2.29. The zero-order valence-corrected chi connectivity index (χ0v) is 23.5. The summed E-state index contributed by atoms with van der Waals surface area (Å²) in [5, 5.41) is 12.7. The summed E-state index contributed by atoms with van der Waals surface area (Å²) in [5.74, 6) is 0.643. The van der Waals surface area contributed by atoms with Crippen molar-refractivity contribution in [3.8, 4) is 0 Å². The molecule has 3 fully saturated rings. The first-order chi connectivity index (χ1) is 18.8. The molecular weight excluding hydrogens is 492 g/mol. The number of hydrogen-bond acceptors (Lipinski definition) is 5. The largest absolute Gasteiger partial charge is 0.481 e. The number of benzene rings is 1. The van der Waals surface area contributed by atoms with Gasteiger partial charge in [0.1, 0.15) is 6.26 Å². The summed E-state index contributed by atoms with van der Waals surface area (Å²) < 4.78 is 12.2. The van der Waals surface area contributed by atoms with Gasteiger partial charge in [-0.05, 0) is 63.0 Å².